The van der Waals surface area contributed by atoms with E-state index in [1.807, 2.05) is 18.2 Å². The fourth-order valence-electron chi connectivity index (χ4n) is 2.77. The van der Waals surface area contributed by atoms with Gasteiger partial charge in [0.2, 0.25) is 0 Å². The molecule has 1 amide bonds. The molecule has 0 bridgehead atoms. The third kappa shape index (κ3) is 3.18. The number of ether oxygens (including phenoxy) is 1. The molecule has 0 radical (unpaired) electrons. The van der Waals surface area contributed by atoms with E-state index in [9.17, 15) is 14.3 Å². The van der Waals surface area contributed by atoms with Gasteiger partial charge in [-0.3, -0.25) is 4.79 Å². The lowest BCUT2D eigenvalue weighted by molar-refractivity contribution is 0.0998. The molecular formula is C20H14FN3O3. The van der Waals surface area contributed by atoms with E-state index in [4.69, 9.17) is 10.5 Å². The molecule has 0 fully saturated rings. The average molecular weight is 363 g/mol. The van der Waals surface area contributed by atoms with Crippen molar-refractivity contribution in [1.29, 1.82) is 0 Å². The van der Waals surface area contributed by atoms with Crippen molar-refractivity contribution in [1.82, 2.24) is 9.97 Å². The second-order valence-electron chi connectivity index (χ2n) is 5.90. The van der Waals surface area contributed by atoms with Gasteiger partial charge in [-0.05, 0) is 30.3 Å². The number of hydrogen-bond acceptors (Lipinski definition) is 4. The molecular weight excluding hydrogens is 349 g/mol. The topological polar surface area (TPSA) is 101 Å². The van der Waals surface area contributed by atoms with E-state index in [2.05, 4.69) is 9.97 Å². The van der Waals surface area contributed by atoms with E-state index in [1.54, 1.807) is 18.2 Å². The van der Waals surface area contributed by atoms with Crippen LogP contribution in [-0.4, -0.2) is 21.0 Å². The molecule has 0 spiro atoms. The predicted molar refractivity (Wildman–Crippen MR) is 98.2 cm³/mol. The molecule has 27 heavy (non-hydrogen) atoms. The minimum Gasteiger partial charge on any atom is -0.507 e. The van der Waals surface area contributed by atoms with Crippen molar-refractivity contribution < 1.29 is 19.0 Å². The number of phenols is 1. The first-order valence-corrected chi connectivity index (χ1v) is 8.06. The van der Waals surface area contributed by atoms with Crippen molar-refractivity contribution in [2.45, 2.75) is 0 Å². The van der Waals surface area contributed by atoms with Gasteiger partial charge in [0.05, 0.1) is 11.1 Å². The summed E-state index contributed by atoms with van der Waals surface area (Å²) in [7, 11) is 0. The third-order valence-electron chi connectivity index (χ3n) is 4.02. The lowest BCUT2D eigenvalue weighted by Gasteiger charge is -2.06. The zero-order valence-corrected chi connectivity index (χ0v) is 13.9. The van der Waals surface area contributed by atoms with Crippen LogP contribution in [0.4, 0.5) is 4.39 Å². The zero-order valence-electron chi connectivity index (χ0n) is 13.9. The van der Waals surface area contributed by atoms with Gasteiger partial charge in [-0.1, -0.05) is 24.3 Å². The smallest absolute Gasteiger partial charge is 0.252 e. The van der Waals surface area contributed by atoms with Crippen LogP contribution in [0.3, 0.4) is 0 Å². The van der Waals surface area contributed by atoms with Crippen LogP contribution in [0.2, 0.25) is 0 Å². The molecule has 1 aromatic heterocycles. The number of aromatic nitrogens is 2. The number of amides is 1. The lowest BCUT2D eigenvalue weighted by atomic mass is 10.1. The number of rotatable bonds is 4. The third-order valence-corrected chi connectivity index (χ3v) is 4.02. The number of nitrogens with one attached hydrogen (secondary N) is 1. The number of aromatic hydroxyl groups is 1. The van der Waals surface area contributed by atoms with Gasteiger partial charge >= 0.3 is 0 Å². The highest BCUT2D eigenvalue weighted by molar-refractivity contribution is 5.96. The Balaban J connectivity index is 1.79. The molecule has 4 rings (SSSR count). The fraction of sp³-hybridized carbons (Fsp3) is 0. The van der Waals surface area contributed by atoms with E-state index < -0.39 is 11.7 Å². The number of H-pyrrole nitrogens is 1. The van der Waals surface area contributed by atoms with E-state index in [0.29, 0.717) is 28.2 Å². The first-order valence-electron chi connectivity index (χ1n) is 8.06. The van der Waals surface area contributed by atoms with Gasteiger partial charge in [0.15, 0.2) is 5.75 Å². The molecule has 7 heteroatoms. The molecule has 134 valence electrons. The van der Waals surface area contributed by atoms with Crippen LogP contribution >= 0.6 is 0 Å². The summed E-state index contributed by atoms with van der Waals surface area (Å²) in [4.78, 5) is 18.7. The second-order valence-corrected chi connectivity index (χ2v) is 5.90. The number of nitrogens with zero attached hydrogens (tertiary/aromatic N) is 1. The maximum Gasteiger partial charge on any atom is 0.252 e. The van der Waals surface area contributed by atoms with Gasteiger partial charge in [0, 0.05) is 11.6 Å². The standard InChI is InChI=1S/C20H14FN3O3/c21-12-9-15-18(17(10-12)27-13-4-2-1-3-5-13)24-20(23-15)11-6-7-14(19(22)26)16(25)8-11/h1-10,25H,(H2,22,26)(H,23,24). The Labute approximate surface area is 153 Å². The number of para-hydroxylation sites is 1. The van der Waals surface area contributed by atoms with Crippen molar-refractivity contribution in [2.75, 3.05) is 0 Å². The summed E-state index contributed by atoms with van der Waals surface area (Å²) in [6.07, 6.45) is 0. The Bertz CT molecular complexity index is 1160. The highest BCUT2D eigenvalue weighted by Crippen LogP contribution is 2.33. The quantitative estimate of drug-likeness (QED) is 0.511. The Morgan fingerprint density at radius 1 is 1.11 bits per heavy atom. The molecule has 0 atom stereocenters. The highest BCUT2D eigenvalue weighted by atomic mass is 19.1. The van der Waals surface area contributed by atoms with E-state index in [0.717, 1.165) is 0 Å². The Morgan fingerprint density at radius 2 is 1.89 bits per heavy atom. The number of nitrogens with two attached hydrogens (primary N) is 1. The SMILES string of the molecule is NC(=O)c1ccc(-c2nc3c(Oc4ccccc4)cc(F)cc3[nH]2)cc1O. The average Bonchev–Trinajstić information content (AvgIpc) is 3.06. The van der Waals surface area contributed by atoms with Crippen molar-refractivity contribution in [3.8, 4) is 28.6 Å². The maximum atomic E-state index is 14.0. The molecule has 0 aliphatic carbocycles. The number of benzene rings is 3. The molecule has 0 aliphatic rings. The van der Waals surface area contributed by atoms with Crippen LogP contribution in [0, 0.1) is 5.82 Å². The summed E-state index contributed by atoms with van der Waals surface area (Å²) in [5.41, 5.74) is 6.59. The fourth-order valence-corrected chi connectivity index (χ4v) is 2.77. The summed E-state index contributed by atoms with van der Waals surface area (Å²) in [6, 6.07) is 15.9. The predicted octanol–water partition coefficient (Wildman–Crippen LogP) is 3.97. The van der Waals surface area contributed by atoms with Crippen molar-refractivity contribution in [3.63, 3.8) is 0 Å². The first kappa shape index (κ1) is 16.6. The van der Waals surface area contributed by atoms with Crippen LogP contribution in [0.1, 0.15) is 10.4 Å². The van der Waals surface area contributed by atoms with Gasteiger partial charge in [0.1, 0.15) is 28.7 Å². The summed E-state index contributed by atoms with van der Waals surface area (Å²) < 4.78 is 19.8. The molecule has 0 unspecified atom stereocenters. The first-order chi connectivity index (χ1) is 13.0. The zero-order chi connectivity index (χ0) is 19.0. The van der Waals surface area contributed by atoms with Gasteiger partial charge in [-0.15, -0.1) is 0 Å². The molecule has 1 heterocycles. The van der Waals surface area contributed by atoms with E-state index >= 15 is 0 Å². The van der Waals surface area contributed by atoms with Gasteiger partial charge in [-0.2, -0.15) is 0 Å². The molecule has 4 aromatic rings. The van der Waals surface area contributed by atoms with Crippen LogP contribution < -0.4 is 10.5 Å². The number of aromatic amines is 1. The van der Waals surface area contributed by atoms with Crippen molar-refractivity contribution in [2.24, 2.45) is 5.73 Å². The summed E-state index contributed by atoms with van der Waals surface area (Å²) >= 11 is 0. The highest BCUT2D eigenvalue weighted by Gasteiger charge is 2.15. The van der Waals surface area contributed by atoms with Gasteiger partial charge in [0.25, 0.3) is 5.91 Å². The number of carbonyl (C=O) groups excluding carboxylic acids is 1. The second kappa shape index (κ2) is 6.45. The van der Waals surface area contributed by atoms with Crippen LogP contribution in [0.25, 0.3) is 22.4 Å². The van der Waals surface area contributed by atoms with Crippen LogP contribution in [0.5, 0.6) is 17.2 Å². The van der Waals surface area contributed by atoms with Gasteiger partial charge in [-0.25, -0.2) is 9.37 Å². The minimum absolute atomic E-state index is 0.00834. The Hall–Kier alpha value is -3.87. The monoisotopic (exact) mass is 363 g/mol. The molecule has 0 aliphatic heterocycles. The number of primary amides is 1. The maximum absolute atomic E-state index is 14.0. The molecule has 3 aromatic carbocycles. The van der Waals surface area contributed by atoms with Crippen LogP contribution in [-0.2, 0) is 0 Å². The molecule has 6 nitrogen and oxygen atoms in total. The number of carbonyl (C=O) groups is 1. The Morgan fingerprint density at radius 3 is 2.59 bits per heavy atom. The molecule has 0 saturated heterocycles. The lowest BCUT2D eigenvalue weighted by Crippen LogP contribution is -2.10. The molecule has 0 saturated carbocycles. The number of fused-ring (bicyclic) bond motifs is 1. The summed E-state index contributed by atoms with van der Waals surface area (Å²) in [5.74, 6) is -0.263. The van der Waals surface area contributed by atoms with E-state index in [-0.39, 0.29) is 17.1 Å². The normalized spacial score (nSPS) is 10.9. The van der Waals surface area contributed by atoms with E-state index in [1.165, 1.54) is 24.3 Å². The number of hydrogen-bond donors (Lipinski definition) is 3. The largest absolute Gasteiger partial charge is 0.507 e. The molecule has 4 N–H and O–H groups in total. The summed E-state index contributed by atoms with van der Waals surface area (Å²) in [5, 5.41) is 9.96. The van der Waals surface area contributed by atoms with Crippen LogP contribution in [0.15, 0.2) is 60.7 Å². The van der Waals surface area contributed by atoms with Crippen molar-refractivity contribution >= 4 is 16.9 Å². The Kier molecular flexibility index (Phi) is 3.97. The summed E-state index contributed by atoms with van der Waals surface area (Å²) in [6.45, 7) is 0. The van der Waals surface area contributed by atoms with Crippen molar-refractivity contribution in [3.05, 3.63) is 72.0 Å². The number of imidazole rings is 1. The minimum atomic E-state index is -0.732. The number of halogens is 1. The van der Waals surface area contributed by atoms with Gasteiger partial charge < -0.3 is 20.6 Å².